The van der Waals surface area contributed by atoms with E-state index in [9.17, 15) is 20.2 Å². The van der Waals surface area contributed by atoms with Crippen molar-refractivity contribution < 1.29 is 9.85 Å². The Morgan fingerprint density at radius 3 is 1.55 bits per heavy atom. The van der Waals surface area contributed by atoms with E-state index in [1.54, 1.807) is 6.07 Å². The highest BCUT2D eigenvalue weighted by Crippen LogP contribution is 2.31. The second-order valence-electron chi connectivity index (χ2n) is 4.83. The average molecular weight is 280 g/mol. The Labute approximate surface area is 118 Å². The summed E-state index contributed by atoms with van der Waals surface area (Å²) in [6.45, 7) is 4.02. The lowest BCUT2D eigenvalue weighted by molar-refractivity contribution is -0.395. The average Bonchev–Trinajstić information content (AvgIpc) is 2.41. The Kier molecular flexibility index (Phi) is 6.09. The van der Waals surface area contributed by atoms with Crippen molar-refractivity contribution in [2.24, 2.45) is 0 Å². The molecule has 20 heavy (non-hydrogen) atoms. The Morgan fingerprint density at radius 2 is 1.25 bits per heavy atom. The molecule has 0 fully saturated rings. The molecule has 6 heteroatoms. The molecule has 0 spiro atoms. The molecular weight excluding hydrogens is 260 g/mol. The van der Waals surface area contributed by atoms with E-state index in [0.29, 0.717) is 24.0 Å². The van der Waals surface area contributed by atoms with Gasteiger partial charge in [-0.25, -0.2) is 0 Å². The number of aryl methyl sites for hydroxylation is 2. The standard InChI is InChI=1S/C14H20N2O4/c1-3-5-7-11-9-12(8-6-4-2)14(16(19)20)10-13(11)15(17)18/h9-10H,3-8H2,1-2H3. The highest BCUT2D eigenvalue weighted by atomic mass is 16.6. The van der Waals surface area contributed by atoms with Crippen molar-refractivity contribution in [2.45, 2.75) is 52.4 Å². The molecule has 0 atom stereocenters. The van der Waals surface area contributed by atoms with Crippen LogP contribution < -0.4 is 0 Å². The van der Waals surface area contributed by atoms with E-state index < -0.39 is 9.85 Å². The molecule has 0 saturated carbocycles. The van der Waals surface area contributed by atoms with Gasteiger partial charge in [0, 0.05) is 11.1 Å². The number of hydrogen-bond acceptors (Lipinski definition) is 4. The van der Waals surface area contributed by atoms with Crippen LogP contribution in [-0.4, -0.2) is 9.85 Å². The summed E-state index contributed by atoms with van der Waals surface area (Å²) in [4.78, 5) is 21.1. The van der Waals surface area contributed by atoms with Gasteiger partial charge in [0.05, 0.1) is 15.9 Å². The van der Waals surface area contributed by atoms with Gasteiger partial charge < -0.3 is 0 Å². The zero-order valence-electron chi connectivity index (χ0n) is 11.9. The molecule has 0 unspecified atom stereocenters. The lowest BCUT2D eigenvalue weighted by atomic mass is 9.98. The Hall–Kier alpha value is -1.98. The summed E-state index contributed by atoms with van der Waals surface area (Å²) in [5.74, 6) is 0. The molecule has 0 heterocycles. The zero-order chi connectivity index (χ0) is 15.1. The monoisotopic (exact) mass is 280 g/mol. The maximum absolute atomic E-state index is 11.1. The van der Waals surface area contributed by atoms with Gasteiger partial charge in [0.2, 0.25) is 0 Å². The minimum Gasteiger partial charge on any atom is -0.258 e. The third-order valence-electron chi connectivity index (χ3n) is 3.27. The molecule has 0 amide bonds. The van der Waals surface area contributed by atoms with Crippen LogP contribution in [0.15, 0.2) is 12.1 Å². The fourth-order valence-corrected chi connectivity index (χ4v) is 2.15. The third kappa shape index (κ3) is 4.01. The summed E-state index contributed by atoms with van der Waals surface area (Å²) >= 11 is 0. The number of unbranched alkanes of at least 4 members (excludes halogenated alkanes) is 2. The molecule has 0 aliphatic carbocycles. The minimum atomic E-state index is -0.526. The molecule has 0 N–H and O–H groups in total. The van der Waals surface area contributed by atoms with Crippen LogP contribution in [0.3, 0.4) is 0 Å². The highest BCUT2D eigenvalue weighted by molar-refractivity contribution is 5.54. The van der Waals surface area contributed by atoms with E-state index in [4.69, 9.17) is 0 Å². The van der Waals surface area contributed by atoms with Gasteiger partial charge >= 0.3 is 0 Å². The van der Waals surface area contributed by atoms with Crippen molar-refractivity contribution in [3.8, 4) is 0 Å². The first-order chi connectivity index (χ1) is 9.51. The number of rotatable bonds is 8. The van der Waals surface area contributed by atoms with E-state index >= 15 is 0 Å². The molecule has 1 aromatic carbocycles. The van der Waals surface area contributed by atoms with Crippen LogP contribution in [0.4, 0.5) is 11.4 Å². The van der Waals surface area contributed by atoms with Crippen LogP contribution in [0.5, 0.6) is 0 Å². The summed E-state index contributed by atoms with van der Waals surface area (Å²) in [6.07, 6.45) is 4.71. The Bertz CT molecular complexity index is 459. The first kappa shape index (κ1) is 16.1. The summed E-state index contributed by atoms with van der Waals surface area (Å²) in [5.41, 5.74) is 0.943. The zero-order valence-corrected chi connectivity index (χ0v) is 11.9. The number of nitrogens with zero attached hydrogens (tertiary/aromatic N) is 2. The fourth-order valence-electron chi connectivity index (χ4n) is 2.15. The van der Waals surface area contributed by atoms with Crippen molar-refractivity contribution in [1.29, 1.82) is 0 Å². The number of hydrogen-bond donors (Lipinski definition) is 0. The quantitative estimate of drug-likeness (QED) is 0.527. The van der Waals surface area contributed by atoms with Gasteiger partial charge in [0.1, 0.15) is 0 Å². The van der Waals surface area contributed by atoms with Crippen molar-refractivity contribution in [2.75, 3.05) is 0 Å². The highest BCUT2D eigenvalue weighted by Gasteiger charge is 2.23. The molecule has 1 aromatic rings. The van der Waals surface area contributed by atoms with Crippen LogP contribution in [0.2, 0.25) is 0 Å². The first-order valence-electron chi connectivity index (χ1n) is 6.95. The summed E-state index contributed by atoms with van der Waals surface area (Å²) in [5, 5.41) is 22.1. The maximum Gasteiger partial charge on any atom is 0.279 e. The molecule has 6 nitrogen and oxygen atoms in total. The predicted octanol–water partition coefficient (Wildman–Crippen LogP) is 4.19. The van der Waals surface area contributed by atoms with Crippen LogP contribution >= 0.6 is 0 Å². The number of nitro groups is 2. The molecule has 0 aliphatic heterocycles. The molecule has 110 valence electrons. The van der Waals surface area contributed by atoms with E-state index in [1.807, 2.05) is 13.8 Å². The maximum atomic E-state index is 11.1. The normalized spacial score (nSPS) is 10.5. The van der Waals surface area contributed by atoms with Gasteiger partial charge in [0.15, 0.2) is 0 Å². The lowest BCUT2D eigenvalue weighted by Gasteiger charge is -2.07. The second-order valence-corrected chi connectivity index (χ2v) is 4.83. The third-order valence-corrected chi connectivity index (χ3v) is 3.27. The number of nitro benzene ring substituents is 2. The largest absolute Gasteiger partial charge is 0.279 e. The van der Waals surface area contributed by atoms with Crippen LogP contribution in [0.1, 0.15) is 50.7 Å². The van der Waals surface area contributed by atoms with Crippen molar-refractivity contribution >= 4 is 11.4 Å². The summed E-state index contributed by atoms with van der Waals surface area (Å²) in [7, 11) is 0. The molecule has 0 bridgehead atoms. The van der Waals surface area contributed by atoms with Crippen LogP contribution in [0.25, 0.3) is 0 Å². The van der Waals surface area contributed by atoms with Gasteiger partial charge in [0.25, 0.3) is 11.4 Å². The van der Waals surface area contributed by atoms with Gasteiger partial charge in [-0.2, -0.15) is 0 Å². The molecule has 1 rings (SSSR count). The smallest absolute Gasteiger partial charge is 0.258 e. The minimum absolute atomic E-state index is 0.134. The van der Waals surface area contributed by atoms with Gasteiger partial charge in [-0.1, -0.05) is 26.7 Å². The molecule has 0 saturated heterocycles. The number of benzene rings is 1. The van der Waals surface area contributed by atoms with Crippen molar-refractivity contribution in [3.63, 3.8) is 0 Å². The van der Waals surface area contributed by atoms with E-state index in [-0.39, 0.29) is 11.4 Å². The summed E-state index contributed by atoms with van der Waals surface area (Å²) in [6, 6.07) is 2.78. The molecule has 0 aliphatic rings. The van der Waals surface area contributed by atoms with Gasteiger partial charge in [-0.05, 0) is 31.7 Å². The molecular formula is C14H20N2O4. The van der Waals surface area contributed by atoms with E-state index in [1.165, 1.54) is 0 Å². The van der Waals surface area contributed by atoms with E-state index in [2.05, 4.69) is 0 Å². The first-order valence-corrected chi connectivity index (χ1v) is 6.95. The summed E-state index contributed by atoms with van der Waals surface area (Å²) < 4.78 is 0. The second kappa shape index (κ2) is 7.57. The Balaban J connectivity index is 3.27. The van der Waals surface area contributed by atoms with Crippen molar-refractivity contribution in [3.05, 3.63) is 43.5 Å². The van der Waals surface area contributed by atoms with Crippen LogP contribution in [-0.2, 0) is 12.8 Å². The lowest BCUT2D eigenvalue weighted by Crippen LogP contribution is -2.02. The Morgan fingerprint density at radius 1 is 0.850 bits per heavy atom. The van der Waals surface area contributed by atoms with E-state index in [0.717, 1.165) is 31.7 Å². The van der Waals surface area contributed by atoms with Gasteiger partial charge in [-0.15, -0.1) is 0 Å². The topological polar surface area (TPSA) is 86.3 Å². The molecule has 0 aromatic heterocycles. The van der Waals surface area contributed by atoms with Gasteiger partial charge in [-0.3, -0.25) is 20.2 Å². The van der Waals surface area contributed by atoms with Crippen molar-refractivity contribution in [1.82, 2.24) is 0 Å². The van der Waals surface area contributed by atoms with Crippen LogP contribution in [0, 0.1) is 20.2 Å². The fraction of sp³-hybridized carbons (Fsp3) is 0.571. The SMILES string of the molecule is CCCCc1cc(CCCC)c([N+](=O)[O-])cc1[N+](=O)[O-]. The molecule has 0 radical (unpaired) electrons. The predicted molar refractivity (Wildman–Crippen MR) is 77.0 cm³/mol.